The molecule has 0 aromatic rings. The molecule has 4 atom stereocenters. The normalized spacial score (nSPS) is 33.8. The van der Waals surface area contributed by atoms with Crippen molar-refractivity contribution < 1.29 is 14.7 Å². The van der Waals surface area contributed by atoms with E-state index in [1.54, 1.807) is 6.92 Å². The largest absolute Gasteiger partial charge is 0.481 e. The fourth-order valence-corrected chi connectivity index (χ4v) is 3.60. The van der Waals surface area contributed by atoms with Crippen LogP contribution in [0.3, 0.4) is 0 Å². The lowest BCUT2D eigenvalue weighted by Gasteiger charge is -2.26. The number of hydrogen-bond acceptors (Lipinski definition) is 2. The molecule has 20 heavy (non-hydrogen) atoms. The Labute approximate surface area is 123 Å². The van der Waals surface area contributed by atoms with E-state index in [0.717, 1.165) is 25.7 Å². The number of carboxylic acid groups (broad SMARTS) is 1. The van der Waals surface area contributed by atoms with E-state index in [9.17, 15) is 9.59 Å². The number of aliphatic carboxylic acids is 1. The summed E-state index contributed by atoms with van der Waals surface area (Å²) >= 11 is 0. The lowest BCUT2D eigenvalue weighted by molar-refractivity contribution is -0.144. The molecule has 0 aromatic carbocycles. The van der Waals surface area contributed by atoms with Crippen molar-refractivity contribution in [1.29, 1.82) is 0 Å². The van der Waals surface area contributed by atoms with Gasteiger partial charge < -0.3 is 5.11 Å². The predicted octanol–water partition coefficient (Wildman–Crippen LogP) is 4.30. The van der Waals surface area contributed by atoms with E-state index < -0.39 is 5.97 Å². The maximum atomic E-state index is 11.0. The zero-order valence-electron chi connectivity index (χ0n) is 13.2. The maximum Gasteiger partial charge on any atom is 0.306 e. The Hall–Kier alpha value is -0.860. The predicted molar refractivity (Wildman–Crippen MR) is 80.6 cm³/mol. The van der Waals surface area contributed by atoms with Gasteiger partial charge in [0.25, 0.3) is 0 Å². The minimum Gasteiger partial charge on any atom is -0.481 e. The molecule has 0 heterocycles. The number of carbonyl (C=O) groups is 2. The van der Waals surface area contributed by atoms with Gasteiger partial charge in [-0.2, -0.15) is 0 Å². The first-order chi connectivity index (χ1) is 9.43. The quantitative estimate of drug-likeness (QED) is 0.821. The first-order valence-electron chi connectivity index (χ1n) is 8.16. The Morgan fingerprint density at radius 3 is 1.45 bits per heavy atom. The minimum absolute atomic E-state index is 0.0613. The van der Waals surface area contributed by atoms with Crippen LogP contribution < -0.4 is 0 Å². The number of rotatable bonds is 2. The second kappa shape index (κ2) is 8.43. The number of carboxylic acids is 1. The standard InChI is InChI=1S/C9H16O.C8H14O2/c1-7-5-3-4-6-9(7)8(2)10;1-6-4-2-3-5-7(6)8(9)10/h7,9H,3-6H2,1-2H3;6-7H,2-5H2,1H3,(H,9,10)/t7-,9?;6-,7?/m11/s1. The third kappa shape index (κ3) is 5.26. The van der Waals surface area contributed by atoms with Crippen LogP contribution in [0, 0.1) is 23.7 Å². The summed E-state index contributed by atoms with van der Waals surface area (Å²) in [6, 6.07) is 0. The fraction of sp³-hybridized carbons (Fsp3) is 0.882. The number of carbonyl (C=O) groups excluding carboxylic acids is 1. The molecule has 0 radical (unpaired) electrons. The van der Waals surface area contributed by atoms with Gasteiger partial charge in [0.05, 0.1) is 5.92 Å². The molecule has 0 saturated heterocycles. The van der Waals surface area contributed by atoms with Crippen LogP contribution in [0.5, 0.6) is 0 Å². The van der Waals surface area contributed by atoms with Gasteiger partial charge in [0.1, 0.15) is 5.78 Å². The smallest absolute Gasteiger partial charge is 0.306 e. The van der Waals surface area contributed by atoms with Crippen LogP contribution in [-0.4, -0.2) is 16.9 Å². The zero-order chi connectivity index (χ0) is 15.1. The molecule has 2 fully saturated rings. The second-order valence-electron chi connectivity index (χ2n) is 6.69. The zero-order valence-corrected chi connectivity index (χ0v) is 13.2. The number of Topliss-reactive ketones (excluding diaryl/α,β-unsaturated/α-hetero) is 1. The van der Waals surface area contributed by atoms with Gasteiger partial charge in [0.2, 0.25) is 0 Å². The monoisotopic (exact) mass is 282 g/mol. The molecule has 0 aliphatic heterocycles. The summed E-state index contributed by atoms with van der Waals surface area (Å²) in [5, 5.41) is 8.71. The fourth-order valence-electron chi connectivity index (χ4n) is 3.60. The van der Waals surface area contributed by atoms with Crippen LogP contribution in [0.25, 0.3) is 0 Å². The highest BCUT2D eigenvalue weighted by molar-refractivity contribution is 5.78. The van der Waals surface area contributed by atoms with E-state index in [1.807, 2.05) is 6.92 Å². The van der Waals surface area contributed by atoms with Crippen molar-refractivity contribution in [1.82, 2.24) is 0 Å². The molecule has 3 nitrogen and oxygen atoms in total. The highest BCUT2D eigenvalue weighted by Gasteiger charge is 2.26. The summed E-state index contributed by atoms with van der Waals surface area (Å²) in [5.74, 6) is 1.15. The van der Waals surface area contributed by atoms with Crippen molar-refractivity contribution in [3.05, 3.63) is 0 Å². The van der Waals surface area contributed by atoms with Gasteiger partial charge in [-0.25, -0.2) is 0 Å². The van der Waals surface area contributed by atoms with Crippen LogP contribution in [-0.2, 0) is 9.59 Å². The highest BCUT2D eigenvalue weighted by Crippen LogP contribution is 2.30. The van der Waals surface area contributed by atoms with E-state index in [2.05, 4.69) is 6.92 Å². The lowest BCUT2D eigenvalue weighted by Crippen LogP contribution is -2.24. The molecule has 2 rings (SSSR count). The molecule has 2 saturated carbocycles. The molecule has 0 amide bonds. The third-order valence-electron chi connectivity index (χ3n) is 5.06. The Morgan fingerprint density at radius 2 is 1.20 bits per heavy atom. The molecule has 116 valence electrons. The Balaban J connectivity index is 0.000000200. The van der Waals surface area contributed by atoms with Crippen LogP contribution in [0.2, 0.25) is 0 Å². The van der Waals surface area contributed by atoms with Gasteiger partial charge in [-0.1, -0.05) is 46.0 Å². The Morgan fingerprint density at radius 1 is 0.800 bits per heavy atom. The van der Waals surface area contributed by atoms with Crippen LogP contribution in [0.4, 0.5) is 0 Å². The van der Waals surface area contributed by atoms with E-state index in [-0.39, 0.29) is 5.92 Å². The van der Waals surface area contributed by atoms with Gasteiger partial charge >= 0.3 is 5.97 Å². The summed E-state index contributed by atoms with van der Waals surface area (Å²) in [5.41, 5.74) is 0. The van der Waals surface area contributed by atoms with E-state index in [4.69, 9.17) is 5.11 Å². The van der Waals surface area contributed by atoms with Crippen LogP contribution in [0.15, 0.2) is 0 Å². The first kappa shape index (κ1) is 17.2. The van der Waals surface area contributed by atoms with Gasteiger partial charge in [0, 0.05) is 5.92 Å². The van der Waals surface area contributed by atoms with Crippen molar-refractivity contribution in [3.8, 4) is 0 Å². The lowest BCUT2D eigenvalue weighted by atomic mass is 9.78. The summed E-state index contributed by atoms with van der Waals surface area (Å²) in [4.78, 5) is 21.6. The van der Waals surface area contributed by atoms with Crippen LogP contribution >= 0.6 is 0 Å². The molecule has 0 spiro atoms. The number of hydrogen-bond donors (Lipinski definition) is 1. The molecule has 2 unspecified atom stereocenters. The van der Waals surface area contributed by atoms with E-state index >= 15 is 0 Å². The van der Waals surface area contributed by atoms with Gasteiger partial charge in [-0.05, 0) is 38.0 Å². The van der Waals surface area contributed by atoms with Gasteiger partial charge in [0.15, 0.2) is 0 Å². The molecule has 2 aliphatic rings. The van der Waals surface area contributed by atoms with Crippen molar-refractivity contribution in [2.45, 2.75) is 72.1 Å². The van der Waals surface area contributed by atoms with Gasteiger partial charge in [-0.3, -0.25) is 9.59 Å². The third-order valence-corrected chi connectivity index (χ3v) is 5.06. The maximum absolute atomic E-state index is 11.0. The van der Waals surface area contributed by atoms with Crippen molar-refractivity contribution in [2.24, 2.45) is 23.7 Å². The SMILES string of the molecule is CC(=O)C1CCCC[C@H]1C.C[C@@H]1CCCCC1C(=O)O. The summed E-state index contributed by atoms with van der Waals surface area (Å²) in [7, 11) is 0. The summed E-state index contributed by atoms with van der Waals surface area (Å²) in [6.07, 6.45) is 9.26. The van der Waals surface area contributed by atoms with E-state index in [1.165, 1.54) is 25.7 Å². The highest BCUT2D eigenvalue weighted by atomic mass is 16.4. The summed E-state index contributed by atoms with van der Waals surface area (Å²) in [6.45, 7) is 5.97. The molecule has 1 N–H and O–H groups in total. The Kier molecular flexibility index (Phi) is 7.25. The number of ketones is 1. The minimum atomic E-state index is -0.604. The molecule has 2 aliphatic carbocycles. The molecule has 0 aromatic heterocycles. The molecular formula is C17H30O3. The van der Waals surface area contributed by atoms with Crippen molar-refractivity contribution in [2.75, 3.05) is 0 Å². The first-order valence-corrected chi connectivity index (χ1v) is 8.16. The van der Waals surface area contributed by atoms with E-state index in [0.29, 0.717) is 23.5 Å². The topological polar surface area (TPSA) is 54.4 Å². The van der Waals surface area contributed by atoms with Crippen LogP contribution in [0.1, 0.15) is 72.1 Å². The average Bonchev–Trinajstić information content (AvgIpc) is 2.40. The van der Waals surface area contributed by atoms with Crippen molar-refractivity contribution in [3.63, 3.8) is 0 Å². The molecule has 3 heteroatoms. The molecular weight excluding hydrogens is 252 g/mol. The Bertz CT molecular complexity index is 292. The van der Waals surface area contributed by atoms with Gasteiger partial charge in [-0.15, -0.1) is 0 Å². The average molecular weight is 282 g/mol. The van der Waals surface area contributed by atoms with Crippen molar-refractivity contribution >= 4 is 11.8 Å². The second-order valence-corrected chi connectivity index (χ2v) is 6.69. The summed E-state index contributed by atoms with van der Waals surface area (Å²) < 4.78 is 0. The molecule has 0 bridgehead atoms.